The van der Waals surface area contributed by atoms with E-state index in [9.17, 15) is 9.36 Å². The summed E-state index contributed by atoms with van der Waals surface area (Å²) in [5.74, 6) is -0.711. The number of rotatable bonds is 5. The summed E-state index contributed by atoms with van der Waals surface area (Å²) >= 11 is 0. The highest BCUT2D eigenvalue weighted by Crippen LogP contribution is 2.41. The van der Waals surface area contributed by atoms with Gasteiger partial charge in [0.15, 0.2) is 0 Å². The van der Waals surface area contributed by atoms with E-state index in [0.29, 0.717) is 0 Å². The molecule has 0 heterocycles. The molecule has 0 saturated heterocycles. The lowest BCUT2D eigenvalue weighted by Gasteiger charge is -2.08. The number of esters is 1. The molecule has 72 valence electrons. The van der Waals surface area contributed by atoms with E-state index < -0.39 is 19.7 Å². The summed E-state index contributed by atoms with van der Waals surface area (Å²) in [6, 6.07) is 0. The van der Waals surface area contributed by atoms with Crippen LogP contribution in [0, 0.1) is 0 Å². The Hall–Kier alpha value is -0.380. The average molecular weight is 196 g/mol. The molecule has 0 saturated carbocycles. The highest BCUT2D eigenvalue weighted by Gasteiger charge is 2.23. The van der Waals surface area contributed by atoms with Crippen molar-refractivity contribution in [3.05, 3.63) is 0 Å². The van der Waals surface area contributed by atoms with Gasteiger partial charge in [-0.3, -0.25) is 9.36 Å². The molecule has 6 heteroatoms. The summed E-state index contributed by atoms with van der Waals surface area (Å²) in [5, 5.41) is 0. The Kier molecular flexibility index (Phi) is 5.13. The fraction of sp³-hybridized carbons (Fsp3) is 0.833. The van der Waals surface area contributed by atoms with Crippen molar-refractivity contribution in [3.8, 4) is 0 Å². The Bertz CT molecular complexity index is 190. The number of ether oxygens (including phenoxy) is 1. The van der Waals surface area contributed by atoms with Crippen molar-refractivity contribution >= 4 is 13.6 Å². The minimum absolute atomic E-state index is 0.104. The number of carbonyl (C=O) groups excluding carboxylic acids is 1. The van der Waals surface area contributed by atoms with Gasteiger partial charge in [0.05, 0.1) is 13.2 Å². The zero-order valence-electron chi connectivity index (χ0n) is 7.15. The highest BCUT2D eigenvalue weighted by molar-refractivity contribution is 7.53. The van der Waals surface area contributed by atoms with Crippen molar-refractivity contribution in [1.82, 2.24) is 0 Å². The van der Waals surface area contributed by atoms with Crippen molar-refractivity contribution < 1.29 is 23.5 Å². The fourth-order valence-electron chi connectivity index (χ4n) is 0.617. The highest BCUT2D eigenvalue weighted by atomic mass is 31.2. The molecular weight excluding hydrogens is 183 g/mol. The second-order valence-corrected chi connectivity index (χ2v) is 3.87. The lowest BCUT2D eigenvalue weighted by molar-refractivity contribution is -0.140. The van der Waals surface area contributed by atoms with E-state index in [2.05, 4.69) is 9.26 Å². The van der Waals surface area contributed by atoms with Gasteiger partial charge < -0.3 is 14.2 Å². The van der Waals surface area contributed by atoms with E-state index in [1.807, 2.05) is 0 Å². The maximum absolute atomic E-state index is 10.9. The first-order valence-electron chi connectivity index (χ1n) is 3.63. The van der Waals surface area contributed by atoms with E-state index in [0.717, 1.165) is 0 Å². The Morgan fingerprint density at radius 3 is 2.42 bits per heavy atom. The lowest BCUT2D eigenvalue weighted by Crippen LogP contribution is -2.10. The van der Waals surface area contributed by atoms with E-state index in [1.54, 1.807) is 13.8 Å². The molecule has 0 aromatic carbocycles. The molecule has 0 amide bonds. The van der Waals surface area contributed by atoms with Crippen molar-refractivity contribution in [2.24, 2.45) is 0 Å². The van der Waals surface area contributed by atoms with Gasteiger partial charge in [-0.15, -0.1) is 0 Å². The minimum atomic E-state index is -3.75. The second-order valence-electron chi connectivity index (χ2n) is 2.02. The smallest absolute Gasteiger partial charge is 0.339 e. The number of hydrogen-bond donors (Lipinski definition) is 1. The first-order valence-corrected chi connectivity index (χ1v) is 5.40. The van der Waals surface area contributed by atoms with Crippen LogP contribution in [0.4, 0.5) is 0 Å². The van der Waals surface area contributed by atoms with Crippen LogP contribution in [0.1, 0.15) is 13.8 Å². The van der Waals surface area contributed by atoms with Gasteiger partial charge in [-0.1, -0.05) is 0 Å². The lowest BCUT2D eigenvalue weighted by atomic mass is 10.8. The zero-order chi connectivity index (χ0) is 9.61. The van der Waals surface area contributed by atoms with Gasteiger partial charge in [-0.05, 0) is 13.8 Å². The predicted octanol–water partition coefficient (Wildman–Crippen LogP) is 0.771. The summed E-state index contributed by atoms with van der Waals surface area (Å²) in [6.07, 6.45) is -0.575. The molecule has 0 bridgehead atoms. The maximum atomic E-state index is 10.9. The van der Waals surface area contributed by atoms with Crippen LogP contribution in [-0.4, -0.2) is 30.2 Å². The van der Waals surface area contributed by atoms with Gasteiger partial charge in [-0.25, -0.2) is 0 Å². The Morgan fingerprint density at radius 1 is 1.42 bits per heavy atom. The Morgan fingerprint density at radius 2 is 2.00 bits per heavy atom. The number of hydrogen-bond acceptors (Lipinski definition) is 4. The van der Waals surface area contributed by atoms with Gasteiger partial charge in [0, 0.05) is 0 Å². The van der Waals surface area contributed by atoms with Crippen LogP contribution < -0.4 is 0 Å². The predicted molar refractivity (Wildman–Crippen MR) is 43.0 cm³/mol. The van der Waals surface area contributed by atoms with Gasteiger partial charge in [-0.2, -0.15) is 0 Å². The van der Waals surface area contributed by atoms with Crippen molar-refractivity contribution in [3.63, 3.8) is 0 Å². The van der Waals surface area contributed by atoms with E-state index in [-0.39, 0.29) is 13.2 Å². The molecule has 0 aliphatic carbocycles. The van der Waals surface area contributed by atoms with Crippen LogP contribution >= 0.6 is 7.60 Å². The monoisotopic (exact) mass is 196 g/mol. The first kappa shape index (κ1) is 11.6. The molecule has 1 N–H and O–H groups in total. The maximum Gasteiger partial charge on any atom is 0.339 e. The molecule has 0 aliphatic heterocycles. The molecule has 0 spiro atoms. The van der Waals surface area contributed by atoms with Crippen molar-refractivity contribution in [2.45, 2.75) is 13.8 Å². The van der Waals surface area contributed by atoms with E-state index in [4.69, 9.17) is 4.89 Å². The molecule has 0 fully saturated rings. The average Bonchev–Trinajstić information content (AvgIpc) is 1.85. The topological polar surface area (TPSA) is 72.8 Å². The zero-order valence-corrected chi connectivity index (χ0v) is 8.04. The molecule has 0 radical (unpaired) electrons. The van der Waals surface area contributed by atoms with Crippen molar-refractivity contribution in [1.29, 1.82) is 0 Å². The molecule has 0 rings (SSSR count). The van der Waals surface area contributed by atoms with Crippen LogP contribution in [0.5, 0.6) is 0 Å². The van der Waals surface area contributed by atoms with Gasteiger partial charge in [0.25, 0.3) is 0 Å². The van der Waals surface area contributed by atoms with E-state index in [1.165, 1.54) is 0 Å². The Balaban J connectivity index is 3.88. The SMILES string of the molecule is CCOC(=O)CP(=O)(O)OCC. The molecule has 0 aromatic rings. The normalized spacial score (nSPS) is 15.2. The van der Waals surface area contributed by atoms with Gasteiger partial charge in [0.2, 0.25) is 0 Å². The summed E-state index contributed by atoms with van der Waals surface area (Å²) in [4.78, 5) is 19.6. The molecular formula is C6H13O5P. The van der Waals surface area contributed by atoms with Crippen LogP contribution in [-0.2, 0) is 18.6 Å². The molecule has 12 heavy (non-hydrogen) atoms. The summed E-state index contributed by atoms with van der Waals surface area (Å²) in [6.45, 7) is 3.51. The number of carbonyl (C=O) groups is 1. The third kappa shape index (κ3) is 5.29. The quantitative estimate of drug-likeness (QED) is 0.519. The van der Waals surface area contributed by atoms with Crippen LogP contribution in [0.3, 0.4) is 0 Å². The van der Waals surface area contributed by atoms with Crippen LogP contribution in [0.25, 0.3) is 0 Å². The third-order valence-corrected chi connectivity index (χ3v) is 2.28. The van der Waals surface area contributed by atoms with Crippen LogP contribution in [0.15, 0.2) is 0 Å². The van der Waals surface area contributed by atoms with Gasteiger partial charge >= 0.3 is 13.6 Å². The second kappa shape index (κ2) is 5.30. The van der Waals surface area contributed by atoms with Crippen LogP contribution in [0.2, 0.25) is 0 Å². The standard InChI is InChI=1S/C6H13O5P/c1-3-10-6(7)5-12(8,9)11-4-2/h3-5H2,1-2H3,(H,8,9). The summed E-state index contributed by atoms with van der Waals surface area (Å²) < 4.78 is 19.9. The largest absolute Gasteiger partial charge is 0.466 e. The Labute approximate surface area is 71.2 Å². The van der Waals surface area contributed by atoms with Crippen molar-refractivity contribution in [2.75, 3.05) is 19.4 Å². The molecule has 0 aliphatic rings. The minimum Gasteiger partial charge on any atom is -0.466 e. The summed E-state index contributed by atoms with van der Waals surface area (Å²) in [5.41, 5.74) is 0. The molecule has 1 unspecified atom stereocenters. The summed E-state index contributed by atoms with van der Waals surface area (Å²) in [7, 11) is -3.75. The third-order valence-electron chi connectivity index (χ3n) is 0.965. The van der Waals surface area contributed by atoms with E-state index >= 15 is 0 Å². The molecule has 5 nitrogen and oxygen atoms in total. The molecule has 0 aromatic heterocycles. The van der Waals surface area contributed by atoms with Gasteiger partial charge in [0.1, 0.15) is 6.16 Å². The fourth-order valence-corrected chi connectivity index (χ4v) is 1.53. The molecule has 1 atom stereocenters. The first-order chi connectivity index (χ1) is 5.52.